The molecule has 1 saturated heterocycles. The SMILES string of the molecule is Cc1cc(S(=O)(=O)Nc2ccc(NCC3CCCO3)nn2)ccc1Cl. The smallest absolute Gasteiger partial charge is 0.263 e. The van der Waals surface area contributed by atoms with E-state index in [0.717, 1.165) is 19.4 Å². The topological polar surface area (TPSA) is 93.2 Å². The summed E-state index contributed by atoms with van der Waals surface area (Å²) in [7, 11) is -3.74. The third-order valence-electron chi connectivity index (χ3n) is 3.88. The van der Waals surface area contributed by atoms with E-state index in [4.69, 9.17) is 16.3 Å². The normalized spacial score (nSPS) is 17.4. The van der Waals surface area contributed by atoms with Crippen molar-refractivity contribution in [1.82, 2.24) is 10.2 Å². The molecule has 0 saturated carbocycles. The number of halogens is 1. The molecule has 0 bridgehead atoms. The molecule has 1 aromatic carbocycles. The van der Waals surface area contributed by atoms with Crippen molar-refractivity contribution in [3.8, 4) is 0 Å². The zero-order valence-corrected chi connectivity index (χ0v) is 15.3. The third-order valence-corrected chi connectivity index (χ3v) is 5.65. The predicted octanol–water partition coefficient (Wildman–Crippen LogP) is 2.83. The van der Waals surface area contributed by atoms with Crippen LogP contribution < -0.4 is 10.0 Å². The summed E-state index contributed by atoms with van der Waals surface area (Å²) in [4.78, 5) is 0.122. The van der Waals surface area contributed by atoms with Gasteiger partial charge in [-0.25, -0.2) is 8.42 Å². The van der Waals surface area contributed by atoms with Crippen molar-refractivity contribution in [3.63, 3.8) is 0 Å². The van der Waals surface area contributed by atoms with Crippen LogP contribution in [0.2, 0.25) is 5.02 Å². The number of hydrogen-bond donors (Lipinski definition) is 2. The van der Waals surface area contributed by atoms with Gasteiger partial charge in [-0.2, -0.15) is 0 Å². The summed E-state index contributed by atoms with van der Waals surface area (Å²) in [6.45, 7) is 3.20. The minimum atomic E-state index is -3.74. The molecule has 0 amide bonds. The maximum Gasteiger partial charge on any atom is 0.263 e. The first-order chi connectivity index (χ1) is 11.9. The molecule has 1 aromatic heterocycles. The van der Waals surface area contributed by atoms with E-state index >= 15 is 0 Å². The zero-order chi connectivity index (χ0) is 17.9. The van der Waals surface area contributed by atoms with Crippen LogP contribution in [0.4, 0.5) is 11.6 Å². The Kier molecular flexibility index (Phi) is 5.41. The van der Waals surface area contributed by atoms with Crippen LogP contribution in [0.25, 0.3) is 0 Å². The van der Waals surface area contributed by atoms with Crippen LogP contribution in [0.5, 0.6) is 0 Å². The fourth-order valence-electron chi connectivity index (χ4n) is 2.49. The van der Waals surface area contributed by atoms with Crippen molar-refractivity contribution < 1.29 is 13.2 Å². The first-order valence-electron chi connectivity index (χ1n) is 7.92. The van der Waals surface area contributed by atoms with E-state index in [1.807, 2.05) is 0 Å². The molecule has 0 spiro atoms. The molecule has 2 N–H and O–H groups in total. The lowest BCUT2D eigenvalue weighted by Crippen LogP contribution is -2.19. The molecular formula is C16H19ClN4O3S. The summed E-state index contributed by atoms with van der Waals surface area (Å²) < 4.78 is 32.7. The summed E-state index contributed by atoms with van der Waals surface area (Å²) in [5, 5.41) is 11.5. The molecule has 0 radical (unpaired) electrons. The summed E-state index contributed by atoms with van der Waals surface area (Å²) in [6, 6.07) is 7.74. The Hall–Kier alpha value is -1.90. The number of nitrogens with zero attached hydrogens (tertiary/aromatic N) is 2. The highest BCUT2D eigenvalue weighted by molar-refractivity contribution is 7.92. The van der Waals surface area contributed by atoms with E-state index < -0.39 is 10.0 Å². The molecule has 3 rings (SSSR count). The molecule has 134 valence electrons. The number of benzene rings is 1. The van der Waals surface area contributed by atoms with Crippen molar-refractivity contribution in [1.29, 1.82) is 0 Å². The Bertz CT molecular complexity index is 837. The Labute approximate surface area is 151 Å². The van der Waals surface area contributed by atoms with Crippen LogP contribution in [0.15, 0.2) is 35.2 Å². The van der Waals surface area contributed by atoms with Gasteiger partial charge in [0.15, 0.2) is 5.82 Å². The van der Waals surface area contributed by atoms with Gasteiger partial charge >= 0.3 is 0 Å². The number of nitrogens with one attached hydrogen (secondary N) is 2. The van der Waals surface area contributed by atoms with Crippen LogP contribution in [0.1, 0.15) is 18.4 Å². The maximum atomic E-state index is 12.4. The number of aryl methyl sites for hydroxylation is 1. The standard InChI is InChI=1S/C16H19ClN4O3S/c1-11-9-13(4-5-14(11)17)25(22,23)21-16-7-6-15(19-20-16)18-10-12-3-2-8-24-12/h4-7,9,12H,2-3,8,10H2,1H3,(H,18,19)(H,20,21). The van der Waals surface area contributed by atoms with Gasteiger partial charge in [0, 0.05) is 18.2 Å². The lowest BCUT2D eigenvalue weighted by molar-refractivity contribution is 0.120. The molecule has 25 heavy (non-hydrogen) atoms. The highest BCUT2D eigenvalue weighted by Gasteiger charge is 2.17. The van der Waals surface area contributed by atoms with E-state index in [1.54, 1.807) is 25.1 Å². The predicted molar refractivity (Wildman–Crippen MR) is 96.5 cm³/mol. The Morgan fingerprint density at radius 1 is 1.24 bits per heavy atom. The van der Waals surface area contributed by atoms with E-state index in [1.165, 1.54) is 12.1 Å². The van der Waals surface area contributed by atoms with Gasteiger partial charge in [-0.05, 0) is 55.7 Å². The van der Waals surface area contributed by atoms with Crippen molar-refractivity contribution in [3.05, 3.63) is 40.9 Å². The van der Waals surface area contributed by atoms with Crippen molar-refractivity contribution >= 4 is 33.3 Å². The van der Waals surface area contributed by atoms with Crippen LogP contribution in [0, 0.1) is 6.92 Å². The van der Waals surface area contributed by atoms with Gasteiger partial charge in [0.05, 0.1) is 11.0 Å². The van der Waals surface area contributed by atoms with E-state index in [0.29, 0.717) is 22.9 Å². The monoisotopic (exact) mass is 382 g/mol. The molecule has 7 nitrogen and oxygen atoms in total. The minimum Gasteiger partial charge on any atom is -0.376 e. The summed E-state index contributed by atoms with van der Waals surface area (Å²) in [6.07, 6.45) is 2.29. The average Bonchev–Trinajstić information content (AvgIpc) is 3.10. The van der Waals surface area contributed by atoms with Crippen LogP contribution in [0.3, 0.4) is 0 Å². The number of aromatic nitrogens is 2. The number of ether oxygens (including phenoxy) is 1. The summed E-state index contributed by atoms with van der Waals surface area (Å²) >= 11 is 5.93. The second kappa shape index (κ2) is 7.55. The molecule has 9 heteroatoms. The molecule has 1 unspecified atom stereocenters. The van der Waals surface area contributed by atoms with Gasteiger partial charge < -0.3 is 10.1 Å². The molecule has 1 atom stereocenters. The van der Waals surface area contributed by atoms with Crippen molar-refractivity contribution in [2.24, 2.45) is 0 Å². The molecule has 0 aliphatic carbocycles. The quantitative estimate of drug-likeness (QED) is 0.797. The fraction of sp³-hybridized carbons (Fsp3) is 0.375. The van der Waals surface area contributed by atoms with Crippen LogP contribution in [-0.2, 0) is 14.8 Å². The Balaban J connectivity index is 1.64. The highest BCUT2D eigenvalue weighted by atomic mass is 35.5. The molecule has 2 aromatic rings. The van der Waals surface area contributed by atoms with Gasteiger partial charge in [-0.1, -0.05) is 11.6 Å². The summed E-state index contributed by atoms with van der Waals surface area (Å²) in [5.74, 6) is 0.719. The van der Waals surface area contributed by atoms with Gasteiger partial charge in [-0.3, -0.25) is 4.72 Å². The van der Waals surface area contributed by atoms with E-state index in [9.17, 15) is 8.42 Å². The molecular weight excluding hydrogens is 364 g/mol. The largest absolute Gasteiger partial charge is 0.376 e. The lowest BCUT2D eigenvalue weighted by atomic mass is 10.2. The Morgan fingerprint density at radius 3 is 2.64 bits per heavy atom. The van der Waals surface area contributed by atoms with Gasteiger partial charge in [0.25, 0.3) is 10.0 Å². The van der Waals surface area contributed by atoms with Gasteiger partial charge in [0.1, 0.15) is 5.82 Å². The maximum absolute atomic E-state index is 12.4. The summed E-state index contributed by atoms with van der Waals surface area (Å²) in [5.41, 5.74) is 0.685. The second-order valence-electron chi connectivity index (χ2n) is 5.84. The molecule has 1 aliphatic heterocycles. The number of sulfonamides is 1. The van der Waals surface area contributed by atoms with Gasteiger partial charge in [0.2, 0.25) is 0 Å². The van der Waals surface area contributed by atoms with Crippen LogP contribution in [-0.4, -0.2) is 37.9 Å². The highest BCUT2D eigenvalue weighted by Crippen LogP contribution is 2.21. The first kappa shape index (κ1) is 17.9. The lowest BCUT2D eigenvalue weighted by Gasteiger charge is -2.11. The van der Waals surface area contributed by atoms with Crippen LogP contribution >= 0.6 is 11.6 Å². The molecule has 2 heterocycles. The van der Waals surface area contributed by atoms with Crippen molar-refractivity contribution in [2.45, 2.75) is 30.8 Å². The van der Waals surface area contributed by atoms with E-state index in [-0.39, 0.29) is 16.8 Å². The average molecular weight is 383 g/mol. The molecule has 1 aliphatic rings. The molecule has 1 fully saturated rings. The minimum absolute atomic E-state index is 0.122. The number of hydrogen-bond acceptors (Lipinski definition) is 6. The second-order valence-corrected chi connectivity index (χ2v) is 7.93. The zero-order valence-electron chi connectivity index (χ0n) is 13.7. The first-order valence-corrected chi connectivity index (χ1v) is 9.78. The third kappa shape index (κ3) is 4.59. The van der Waals surface area contributed by atoms with Crippen molar-refractivity contribution in [2.75, 3.05) is 23.2 Å². The van der Waals surface area contributed by atoms with E-state index in [2.05, 4.69) is 20.2 Å². The number of rotatable bonds is 6. The van der Waals surface area contributed by atoms with Gasteiger partial charge in [-0.15, -0.1) is 10.2 Å². The fourth-order valence-corrected chi connectivity index (χ4v) is 3.68. The Morgan fingerprint density at radius 2 is 2.00 bits per heavy atom. The number of anilines is 2.